The minimum Gasteiger partial charge on any atom is -0.493 e. The molecule has 1 N–H and O–H groups in total. The number of nitrogens with one attached hydrogen (secondary N) is 1. The summed E-state index contributed by atoms with van der Waals surface area (Å²) in [6, 6.07) is 18.8. The van der Waals surface area contributed by atoms with Crippen molar-refractivity contribution in [2.75, 3.05) is 12.4 Å². The van der Waals surface area contributed by atoms with Gasteiger partial charge in [0.2, 0.25) is 0 Å². The molecule has 0 atom stereocenters. The summed E-state index contributed by atoms with van der Waals surface area (Å²) in [5.41, 5.74) is 5.43. The third-order valence-electron chi connectivity index (χ3n) is 5.16. The van der Waals surface area contributed by atoms with Gasteiger partial charge in [0, 0.05) is 5.69 Å². The molecule has 0 fully saturated rings. The zero-order valence-corrected chi connectivity index (χ0v) is 19.8. The molecule has 0 aliphatic rings. The van der Waals surface area contributed by atoms with E-state index in [0.29, 0.717) is 34.4 Å². The van der Waals surface area contributed by atoms with E-state index in [-0.39, 0.29) is 5.57 Å². The molecule has 0 aliphatic heterocycles. The van der Waals surface area contributed by atoms with Crippen molar-refractivity contribution < 1.29 is 14.3 Å². The Bertz CT molecular complexity index is 1260. The molecule has 0 saturated carbocycles. The van der Waals surface area contributed by atoms with Gasteiger partial charge in [0.25, 0.3) is 5.91 Å². The van der Waals surface area contributed by atoms with Crippen LogP contribution in [-0.4, -0.2) is 13.0 Å². The Hall–Kier alpha value is -3.75. The van der Waals surface area contributed by atoms with E-state index < -0.39 is 5.91 Å². The highest BCUT2D eigenvalue weighted by Crippen LogP contribution is 2.37. The maximum Gasteiger partial charge on any atom is 0.266 e. The molecule has 33 heavy (non-hydrogen) atoms. The van der Waals surface area contributed by atoms with Gasteiger partial charge in [-0.15, -0.1) is 0 Å². The van der Waals surface area contributed by atoms with Crippen LogP contribution in [0.25, 0.3) is 6.08 Å². The van der Waals surface area contributed by atoms with Gasteiger partial charge in [-0.05, 0) is 73.4 Å². The SMILES string of the molecule is COc1cc(/C=C(\C#N)C(=O)Nc2ccc(C)c(C)c2)cc(Cl)c1OCc1cccc(C)c1. The first-order valence-corrected chi connectivity index (χ1v) is 10.7. The van der Waals surface area contributed by atoms with E-state index in [1.807, 2.05) is 63.2 Å². The van der Waals surface area contributed by atoms with Crippen LogP contribution in [0.15, 0.2) is 60.2 Å². The molecular formula is C27H25ClN2O3. The molecule has 5 nitrogen and oxygen atoms in total. The molecule has 3 aromatic carbocycles. The van der Waals surface area contributed by atoms with Crippen LogP contribution in [0.5, 0.6) is 11.5 Å². The predicted molar refractivity (Wildman–Crippen MR) is 132 cm³/mol. The molecule has 6 heteroatoms. The zero-order chi connectivity index (χ0) is 24.0. The Morgan fingerprint density at radius 3 is 2.55 bits per heavy atom. The van der Waals surface area contributed by atoms with Crippen molar-refractivity contribution in [3.63, 3.8) is 0 Å². The van der Waals surface area contributed by atoms with E-state index in [0.717, 1.165) is 22.3 Å². The summed E-state index contributed by atoms with van der Waals surface area (Å²) >= 11 is 6.46. The lowest BCUT2D eigenvalue weighted by Crippen LogP contribution is -2.13. The molecule has 0 radical (unpaired) electrons. The van der Waals surface area contributed by atoms with Crippen molar-refractivity contribution in [2.24, 2.45) is 0 Å². The fourth-order valence-corrected chi connectivity index (χ4v) is 3.53. The number of hydrogen-bond acceptors (Lipinski definition) is 4. The number of nitrogens with zero attached hydrogens (tertiary/aromatic N) is 1. The Kier molecular flexibility index (Phi) is 7.76. The summed E-state index contributed by atoms with van der Waals surface area (Å²) in [6.07, 6.45) is 1.47. The van der Waals surface area contributed by atoms with Crippen LogP contribution >= 0.6 is 11.6 Å². The normalized spacial score (nSPS) is 11.0. The van der Waals surface area contributed by atoms with E-state index in [2.05, 4.69) is 5.32 Å². The van der Waals surface area contributed by atoms with Crippen LogP contribution in [0, 0.1) is 32.1 Å². The average molecular weight is 461 g/mol. The van der Waals surface area contributed by atoms with Gasteiger partial charge >= 0.3 is 0 Å². The summed E-state index contributed by atoms with van der Waals surface area (Å²) in [7, 11) is 1.51. The fourth-order valence-electron chi connectivity index (χ4n) is 3.25. The number of benzene rings is 3. The number of carbonyl (C=O) groups is 1. The highest BCUT2D eigenvalue weighted by Gasteiger charge is 2.15. The van der Waals surface area contributed by atoms with Gasteiger partial charge < -0.3 is 14.8 Å². The van der Waals surface area contributed by atoms with Gasteiger partial charge in [-0.2, -0.15) is 5.26 Å². The highest BCUT2D eigenvalue weighted by atomic mass is 35.5. The molecule has 0 aromatic heterocycles. The maximum atomic E-state index is 12.6. The largest absolute Gasteiger partial charge is 0.493 e. The number of amides is 1. The van der Waals surface area contributed by atoms with Crippen LogP contribution in [0.3, 0.4) is 0 Å². The smallest absolute Gasteiger partial charge is 0.266 e. The van der Waals surface area contributed by atoms with E-state index in [9.17, 15) is 10.1 Å². The molecule has 0 spiro atoms. The molecule has 3 rings (SSSR count). The minimum atomic E-state index is -0.504. The van der Waals surface area contributed by atoms with Crippen LogP contribution in [0.1, 0.15) is 27.8 Å². The molecule has 0 unspecified atom stereocenters. The lowest BCUT2D eigenvalue weighted by Gasteiger charge is -2.14. The third kappa shape index (κ3) is 6.15. The van der Waals surface area contributed by atoms with Gasteiger partial charge in [-0.1, -0.05) is 47.5 Å². The molecule has 0 heterocycles. The molecule has 0 saturated heterocycles. The number of nitriles is 1. The van der Waals surface area contributed by atoms with Crippen LogP contribution < -0.4 is 14.8 Å². The Balaban J connectivity index is 1.82. The number of ether oxygens (including phenoxy) is 2. The fraction of sp³-hybridized carbons (Fsp3) is 0.185. The second-order valence-corrected chi connectivity index (χ2v) is 8.14. The quantitative estimate of drug-likeness (QED) is 0.327. The van der Waals surface area contributed by atoms with Crippen molar-refractivity contribution >= 4 is 29.3 Å². The van der Waals surface area contributed by atoms with Crippen molar-refractivity contribution in [3.05, 3.63) is 93.0 Å². The highest BCUT2D eigenvalue weighted by molar-refractivity contribution is 6.32. The molecule has 1 amide bonds. The lowest BCUT2D eigenvalue weighted by atomic mass is 10.1. The Morgan fingerprint density at radius 2 is 1.88 bits per heavy atom. The summed E-state index contributed by atoms with van der Waals surface area (Å²) in [6.45, 7) is 6.30. The number of anilines is 1. The molecule has 3 aromatic rings. The molecular weight excluding hydrogens is 436 g/mol. The summed E-state index contributed by atoms with van der Waals surface area (Å²) in [4.78, 5) is 12.6. The first kappa shape index (κ1) is 23.9. The number of aryl methyl sites for hydroxylation is 3. The van der Waals surface area contributed by atoms with Gasteiger partial charge in [0.1, 0.15) is 18.2 Å². The van der Waals surface area contributed by atoms with Crippen LogP contribution in [0.2, 0.25) is 5.02 Å². The zero-order valence-electron chi connectivity index (χ0n) is 19.0. The Labute approximate surface area is 199 Å². The summed E-state index contributed by atoms with van der Waals surface area (Å²) < 4.78 is 11.4. The Morgan fingerprint density at radius 1 is 1.09 bits per heavy atom. The summed E-state index contributed by atoms with van der Waals surface area (Å²) in [5, 5.41) is 12.6. The maximum absolute atomic E-state index is 12.6. The van der Waals surface area contributed by atoms with E-state index in [1.165, 1.54) is 13.2 Å². The first-order chi connectivity index (χ1) is 15.8. The number of halogens is 1. The van der Waals surface area contributed by atoms with Crippen molar-refractivity contribution in [1.29, 1.82) is 5.26 Å². The second-order valence-electron chi connectivity index (χ2n) is 7.73. The number of hydrogen-bond donors (Lipinski definition) is 1. The number of carbonyl (C=O) groups excluding carboxylic acids is 1. The number of rotatable bonds is 7. The van der Waals surface area contributed by atoms with Crippen molar-refractivity contribution in [1.82, 2.24) is 0 Å². The second kappa shape index (κ2) is 10.7. The van der Waals surface area contributed by atoms with E-state index in [4.69, 9.17) is 21.1 Å². The van der Waals surface area contributed by atoms with Crippen LogP contribution in [0.4, 0.5) is 5.69 Å². The molecule has 0 aliphatic carbocycles. The first-order valence-electron chi connectivity index (χ1n) is 10.4. The topological polar surface area (TPSA) is 71.3 Å². The van der Waals surface area contributed by atoms with E-state index in [1.54, 1.807) is 18.2 Å². The monoisotopic (exact) mass is 460 g/mol. The standard InChI is InChI=1S/C27H25ClN2O3/c1-17-6-5-7-20(10-17)16-33-26-24(28)13-21(14-25(26)32-4)12-22(15-29)27(31)30-23-9-8-18(2)19(3)11-23/h5-14H,16H2,1-4H3,(H,30,31)/b22-12+. The van der Waals surface area contributed by atoms with Gasteiger partial charge in [-0.3, -0.25) is 4.79 Å². The number of methoxy groups -OCH3 is 1. The minimum absolute atomic E-state index is 0.0558. The van der Waals surface area contributed by atoms with Gasteiger partial charge in [-0.25, -0.2) is 0 Å². The third-order valence-corrected chi connectivity index (χ3v) is 5.44. The van der Waals surface area contributed by atoms with E-state index >= 15 is 0 Å². The van der Waals surface area contributed by atoms with Gasteiger partial charge in [0.05, 0.1) is 12.1 Å². The predicted octanol–water partition coefficient (Wildman–Crippen LogP) is 6.40. The average Bonchev–Trinajstić information content (AvgIpc) is 2.78. The van der Waals surface area contributed by atoms with Gasteiger partial charge in [0.15, 0.2) is 11.5 Å². The van der Waals surface area contributed by atoms with Crippen molar-refractivity contribution in [2.45, 2.75) is 27.4 Å². The lowest BCUT2D eigenvalue weighted by molar-refractivity contribution is -0.112. The van der Waals surface area contributed by atoms with Crippen LogP contribution in [-0.2, 0) is 11.4 Å². The molecule has 168 valence electrons. The van der Waals surface area contributed by atoms with Crippen molar-refractivity contribution in [3.8, 4) is 17.6 Å². The summed E-state index contributed by atoms with van der Waals surface area (Å²) in [5.74, 6) is 0.305. The molecule has 0 bridgehead atoms.